The maximum Gasteiger partial charge on any atom is 0.255 e. The molecule has 1 aromatic heterocycles. The number of rotatable bonds is 7. The summed E-state index contributed by atoms with van der Waals surface area (Å²) in [4.78, 5) is 19.4. The van der Waals surface area contributed by atoms with Crippen LogP contribution in [-0.4, -0.2) is 18.0 Å². The molecule has 0 atom stereocenters. The third-order valence-corrected chi connectivity index (χ3v) is 6.16. The summed E-state index contributed by atoms with van der Waals surface area (Å²) in [5, 5.41) is 3.73. The Balaban J connectivity index is 1.51. The number of carbonyl (C=O) groups is 1. The van der Waals surface area contributed by atoms with Crippen LogP contribution in [0.15, 0.2) is 101 Å². The van der Waals surface area contributed by atoms with Crippen LogP contribution in [0.4, 0.5) is 5.69 Å². The third-order valence-electron chi connectivity index (χ3n) is 4.82. The second-order valence-electron chi connectivity index (χ2n) is 7.03. The van der Waals surface area contributed by atoms with Gasteiger partial charge in [0.25, 0.3) is 5.91 Å². The number of halogens is 1. The van der Waals surface area contributed by atoms with Crippen LogP contribution in [-0.2, 0) is 6.42 Å². The normalized spacial score (nSPS) is 10.6. The Labute approximate surface area is 196 Å². The number of ether oxygens (including phenoxy) is 1. The Bertz CT molecular complexity index is 1230. The maximum absolute atomic E-state index is 13.0. The van der Waals surface area contributed by atoms with Crippen molar-refractivity contribution in [3.63, 3.8) is 0 Å². The lowest BCUT2D eigenvalue weighted by atomic mass is 10.1. The van der Waals surface area contributed by atoms with Crippen LogP contribution < -0.4 is 10.1 Å². The molecular weight excluding hydrogens is 440 g/mol. The van der Waals surface area contributed by atoms with Crippen LogP contribution >= 0.6 is 23.4 Å². The van der Waals surface area contributed by atoms with E-state index in [9.17, 15) is 4.79 Å². The summed E-state index contributed by atoms with van der Waals surface area (Å²) in [6.07, 6.45) is 2.24. The average molecular weight is 461 g/mol. The van der Waals surface area contributed by atoms with E-state index < -0.39 is 0 Å². The van der Waals surface area contributed by atoms with E-state index in [1.54, 1.807) is 31.1 Å². The van der Waals surface area contributed by atoms with Crippen molar-refractivity contribution in [3.8, 4) is 5.75 Å². The highest BCUT2D eigenvalue weighted by Gasteiger charge is 2.12. The minimum absolute atomic E-state index is 0.183. The fraction of sp³-hybridized carbons (Fsp3) is 0.0769. The topological polar surface area (TPSA) is 51.2 Å². The van der Waals surface area contributed by atoms with Gasteiger partial charge in [-0.15, -0.1) is 0 Å². The Morgan fingerprint density at radius 2 is 1.75 bits per heavy atom. The molecule has 1 amide bonds. The van der Waals surface area contributed by atoms with Gasteiger partial charge in [-0.1, -0.05) is 53.7 Å². The van der Waals surface area contributed by atoms with E-state index in [4.69, 9.17) is 16.3 Å². The largest absolute Gasteiger partial charge is 0.496 e. The quantitative estimate of drug-likeness (QED) is 0.332. The summed E-state index contributed by atoms with van der Waals surface area (Å²) < 4.78 is 5.43. The summed E-state index contributed by atoms with van der Waals surface area (Å²) in [5.74, 6) is 0.620. The molecule has 0 saturated heterocycles. The first-order valence-corrected chi connectivity index (χ1v) is 11.2. The first-order valence-electron chi connectivity index (χ1n) is 10.0. The first kappa shape index (κ1) is 21.9. The molecule has 0 aliphatic rings. The van der Waals surface area contributed by atoms with Crippen LogP contribution in [0.2, 0.25) is 5.02 Å². The maximum atomic E-state index is 13.0. The van der Waals surface area contributed by atoms with E-state index in [0.29, 0.717) is 17.0 Å². The van der Waals surface area contributed by atoms with Gasteiger partial charge >= 0.3 is 0 Å². The molecule has 0 bridgehead atoms. The molecule has 0 radical (unpaired) electrons. The van der Waals surface area contributed by atoms with Crippen LogP contribution in [0.25, 0.3) is 0 Å². The molecular formula is C26H21ClN2O2S. The summed E-state index contributed by atoms with van der Waals surface area (Å²) in [5.41, 5.74) is 3.12. The molecule has 3 aromatic carbocycles. The van der Waals surface area contributed by atoms with E-state index in [2.05, 4.69) is 10.3 Å². The molecule has 0 unspecified atom stereocenters. The highest BCUT2D eigenvalue weighted by Crippen LogP contribution is 2.34. The lowest BCUT2D eigenvalue weighted by Gasteiger charge is -2.12. The Morgan fingerprint density at radius 3 is 2.56 bits per heavy atom. The zero-order valence-electron chi connectivity index (χ0n) is 17.4. The van der Waals surface area contributed by atoms with Gasteiger partial charge in [0, 0.05) is 44.3 Å². The number of nitrogens with zero attached hydrogens (tertiary/aromatic N) is 1. The van der Waals surface area contributed by atoms with Crippen molar-refractivity contribution in [2.45, 2.75) is 16.2 Å². The molecule has 0 saturated carbocycles. The van der Waals surface area contributed by atoms with Crippen molar-refractivity contribution in [1.82, 2.24) is 4.98 Å². The second kappa shape index (κ2) is 10.4. The fourth-order valence-electron chi connectivity index (χ4n) is 3.24. The lowest BCUT2D eigenvalue weighted by molar-refractivity contribution is 0.102. The predicted octanol–water partition coefficient (Wildman–Crippen LogP) is 6.74. The standard InChI is InChI=1S/C26H21ClN2O2S/c1-31-24-8-4-2-6-18(24)16-21-17-19(14-15-28-21)26(30)29-23-7-3-5-9-25(23)32-22-12-10-20(27)11-13-22/h2-15,17H,16H2,1H3,(H,29,30). The van der Waals surface area contributed by atoms with Crippen LogP contribution in [0, 0.1) is 0 Å². The van der Waals surface area contributed by atoms with Crippen LogP contribution in [0.3, 0.4) is 0 Å². The number of methoxy groups -OCH3 is 1. The van der Waals surface area contributed by atoms with Crippen molar-refractivity contribution in [1.29, 1.82) is 0 Å². The van der Waals surface area contributed by atoms with Crippen LogP contribution in [0.5, 0.6) is 5.75 Å². The van der Waals surface area contributed by atoms with Crippen molar-refractivity contribution in [2.24, 2.45) is 0 Å². The monoisotopic (exact) mass is 460 g/mol. The SMILES string of the molecule is COc1ccccc1Cc1cc(C(=O)Nc2ccccc2Sc2ccc(Cl)cc2)ccn1. The number of aromatic nitrogens is 1. The first-order chi connectivity index (χ1) is 15.6. The summed E-state index contributed by atoms with van der Waals surface area (Å²) in [6, 6.07) is 26.7. The van der Waals surface area contributed by atoms with Gasteiger partial charge in [0.1, 0.15) is 5.75 Å². The number of carbonyl (C=O) groups excluding carboxylic acids is 1. The van der Waals surface area contributed by atoms with Gasteiger partial charge in [0.05, 0.1) is 12.8 Å². The molecule has 32 heavy (non-hydrogen) atoms. The number of pyridine rings is 1. The number of anilines is 1. The molecule has 6 heteroatoms. The second-order valence-corrected chi connectivity index (χ2v) is 8.58. The van der Waals surface area contributed by atoms with Gasteiger partial charge in [-0.3, -0.25) is 9.78 Å². The summed E-state index contributed by atoms with van der Waals surface area (Å²) >= 11 is 7.55. The predicted molar refractivity (Wildman–Crippen MR) is 130 cm³/mol. The third kappa shape index (κ3) is 5.49. The smallest absolute Gasteiger partial charge is 0.255 e. The fourth-order valence-corrected chi connectivity index (χ4v) is 4.27. The summed E-state index contributed by atoms with van der Waals surface area (Å²) in [7, 11) is 1.65. The lowest BCUT2D eigenvalue weighted by Crippen LogP contribution is -2.13. The molecule has 160 valence electrons. The van der Waals surface area contributed by atoms with E-state index in [-0.39, 0.29) is 5.91 Å². The van der Waals surface area contributed by atoms with Gasteiger partial charge in [-0.05, 0) is 54.6 Å². The van der Waals surface area contributed by atoms with Gasteiger partial charge in [0.2, 0.25) is 0 Å². The van der Waals surface area contributed by atoms with Crippen molar-refractivity contribution in [2.75, 3.05) is 12.4 Å². The van der Waals surface area contributed by atoms with Gasteiger partial charge in [-0.2, -0.15) is 0 Å². The molecule has 4 rings (SSSR count). The molecule has 0 spiro atoms. The van der Waals surface area contributed by atoms with Crippen molar-refractivity contribution < 1.29 is 9.53 Å². The van der Waals surface area contributed by atoms with Crippen molar-refractivity contribution in [3.05, 3.63) is 113 Å². The Hall–Kier alpha value is -3.28. The number of nitrogens with one attached hydrogen (secondary N) is 1. The molecule has 4 aromatic rings. The molecule has 0 aliphatic heterocycles. The molecule has 1 heterocycles. The van der Waals surface area contributed by atoms with E-state index >= 15 is 0 Å². The number of hydrogen-bond acceptors (Lipinski definition) is 4. The molecule has 0 aliphatic carbocycles. The zero-order valence-corrected chi connectivity index (χ0v) is 19.0. The summed E-state index contributed by atoms with van der Waals surface area (Å²) in [6.45, 7) is 0. The number of amides is 1. The van der Waals surface area contributed by atoms with Crippen molar-refractivity contribution >= 4 is 35.0 Å². The minimum Gasteiger partial charge on any atom is -0.496 e. The molecule has 1 N–H and O–H groups in total. The minimum atomic E-state index is -0.183. The molecule has 0 fully saturated rings. The van der Waals surface area contributed by atoms with Gasteiger partial charge in [0.15, 0.2) is 0 Å². The zero-order chi connectivity index (χ0) is 22.3. The van der Waals surface area contributed by atoms with E-state index in [1.165, 1.54) is 0 Å². The van der Waals surface area contributed by atoms with E-state index in [1.807, 2.05) is 78.9 Å². The van der Waals surface area contributed by atoms with E-state index in [0.717, 1.165) is 32.5 Å². The highest BCUT2D eigenvalue weighted by atomic mass is 35.5. The number of para-hydroxylation sites is 2. The molecule has 4 nitrogen and oxygen atoms in total. The number of hydrogen-bond donors (Lipinski definition) is 1. The Morgan fingerprint density at radius 1 is 1.00 bits per heavy atom. The average Bonchev–Trinajstić information content (AvgIpc) is 2.82. The van der Waals surface area contributed by atoms with Gasteiger partial charge in [-0.25, -0.2) is 0 Å². The van der Waals surface area contributed by atoms with Gasteiger partial charge < -0.3 is 10.1 Å². The highest BCUT2D eigenvalue weighted by molar-refractivity contribution is 7.99. The van der Waals surface area contributed by atoms with Crippen LogP contribution in [0.1, 0.15) is 21.6 Å². The Kier molecular flexibility index (Phi) is 7.10. The number of benzene rings is 3.